The van der Waals surface area contributed by atoms with Crippen LogP contribution in [0.25, 0.3) is 0 Å². The smallest absolute Gasteiger partial charge is 0.195 e. The van der Waals surface area contributed by atoms with Crippen molar-refractivity contribution in [2.45, 2.75) is 6.92 Å². The molecule has 0 aliphatic heterocycles. The van der Waals surface area contributed by atoms with E-state index in [1.807, 2.05) is 0 Å². The Balaban J connectivity index is 2.56. The van der Waals surface area contributed by atoms with Crippen molar-refractivity contribution in [1.82, 2.24) is 0 Å². The van der Waals surface area contributed by atoms with Crippen molar-refractivity contribution in [3.63, 3.8) is 0 Å². The van der Waals surface area contributed by atoms with E-state index >= 15 is 0 Å². The zero-order valence-electron chi connectivity index (χ0n) is 9.81. The van der Waals surface area contributed by atoms with Crippen LogP contribution in [0.1, 0.15) is 21.5 Å². The van der Waals surface area contributed by atoms with E-state index < -0.39 is 5.82 Å². The quantitative estimate of drug-likeness (QED) is 0.651. The molecular formula is C14H8BrCl2FO. The topological polar surface area (TPSA) is 17.1 Å². The molecule has 98 valence electrons. The van der Waals surface area contributed by atoms with Crippen LogP contribution in [-0.4, -0.2) is 5.78 Å². The van der Waals surface area contributed by atoms with Gasteiger partial charge in [-0.1, -0.05) is 39.1 Å². The molecule has 0 aliphatic rings. The Labute approximate surface area is 128 Å². The highest BCUT2D eigenvalue weighted by Crippen LogP contribution is 2.28. The number of hydrogen-bond acceptors (Lipinski definition) is 1. The van der Waals surface area contributed by atoms with Crippen LogP contribution in [0, 0.1) is 12.7 Å². The maximum atomic E-state index is 13.3. The first-order chi connectivity index (χ1) is 8.90. The molecule has 0 aliphatic carbocycles. The lowest BCUT2D eigenvalue weighted by Gasteiger charge is -2.08. The first-order valence-electron chi connectivity index (χ1n) is 5.35. The number of carbonyl (C=O) groups is 1. The van der Waals surface area contributed by atoms with Gasteiger partial charge >= 0.3 is 0 Å². The summed E-state index contributed by atoms with van der Waals surface area (Å²) < 4.78 is 14.0. The molecule has 19 heavy (non-hydrogen) atoms. The molecule has 2 rings (SSSR count). The number of benzene rings is 2. The number of rotatable bonds is 2. The number of hydrogen-bond donors (Lipinski definition) is 0. The molecule has 0 fully saturated rings. The van der Waals surface area contributed by atoms with E-state index in [0.29, 0.717) is 20.6 Å². The van der Waals surface area contributed by atoms with Gasteiger partial charge in [0.2, 0.25) is 0 Å². The summed E-state index contributed by atoms with van der Waals surface area (Å²) in [5.74, 6) is -0.741. The highest BCUT2D eigenvalue weighted by Gasteiger charge is 2.17. The van der Waals surface area contributed by atoms with E-state index in [-0.39, 0.29) is 16.4 Å². The van der Waals surface area contributed by atoms with Crippen LogP contribution in [0.3, 0.4) is 0 Å². The van der Waals surface area contributed by atoms with E-state index in [0.717, 1.165) is 6.07 Å². The Morgan fingerprint density at radius 2 is 1.84 bits per heavy atom. The lowest BCUT2D eigenvalue weighted by atomic mass is 10.0. The first-order valence-corrected chi connectivity index (χ1v) is 6.90. The van der Waals surface area contributed by atoms with E-state index in [4.69, 9.17) is 23.2 Å². The predicted octanol–water partition coefficient (Wildman–Crippen LogP) is 5.43. The van der Waals surface area contributed by atoms with Gasteiger partial charge in [-0.3, -0.25) is 4.79 Å². The normalized spacial score (nSPS) is 10.6. The van der Waals surface area contributed by atoms with Gasteiger partial charge in [0.25, 0.3) is 0 Å². The molecule has 1 nitrogen and oxygen atoms in total. The van der Waals surface area contributed by atoms with E-state index in [1.54, 1.807) is 25.1 Å². The van der Waals surface area contributed by atoms with Crippen LogP contribution in [0.5, 0.6) is 0 Å². The zero-order chi connectivity index (χ0) is 14.2. The SMILES string of the molecule is Cc1cc(C(=O)c2cc(Cl)ccc2Br)c(Cl)cc1F. The second-order valence-corrected chi connectivity index (χ2v) is 5.73. The zero-order valence-corrected chi connectivity index (χ0v) is 12.9. The average molecular weight is 362 g/mol. The van der Waals surface area contributed by atoms with Crippen LogP contribution >= 0.6 is 39.1 Å². The number of aryl methyl sites for hydroxylation is 1. The van der Waals surface area contributed by atoms with Gasteiger partial charge in [-0.25, -0.2) is 4.39 Å². The molecule has 0 saturated carbocycles. The molecule has 2 aromatic rings. The fourth-order valence-corrected chi connectivity index (χ4v) is 2.48. The van der Waals surface area contributed by atoms with Gasteiger partial charge < -0.3 is 0 Å². The average Bonchev–Trinajstić information content (AvgIpc) is 2.36. The van der Waals surface area contributed by atoms with Crippen LogP contribution in [0.2, 0.25) is 10.0 Å². The lowest BCUT2D eigenvalue weighted by molar-refractivity contribution is 0.103. The van der Waals surface area contributed by atoms with Crippen LogP contribution in [0.15, 0.2) is 34.8 Å². The predicted molar refractivity (Wildman–Crippen MR) is 78.7 cm³/mol. The standard InChI is InChI=1S/C14H8BrCl2FO/c1-7-4-10(12(17)6-13(7)18)14(19)9-5-8(16)2-3-11(9)15/h2-6H,1H3. The van der Waals surface area contributed by atoms with Gasteiger partial charge in [0.1, 0.15) is 5.82 Å². The second kappa shape index (κ2) is 5.61. The summed E-state index contributed by atoms with van der Waals surface area (Å²) in [6, 6.07) is 7.47. The minimum absolute atomic E-state index is 0.0833. The maximum absolute atomic E-state index is 13.3. The van der Waals surface area contributed by atoms with Crippen molar-refractivity contribution in [1.29, 1.82) is 0 Å². The number of carbonyl (C=O) groups excluding carboxylic acids is 1. The summed E-state index contributed by atoms with van der Waals surface area (Å²) in [7, 11) is 0. The molecule has 5 heteroatoms. The van der Waals surface area contributed by atoms with Crippen LogP contribution in [0.4, 0.5) is 4.39 Å². The first kappa shape index (κ1) is 14.5. The molecule has 0 heterocycles. The molecule has 0 N–H and O–H groups in total. The van der Waals surface area contributed by atoms with Gasteiger partial charge in [-0.15, -0.1) is 0 Å². The van der Waals surface area contributed by atoms with Crippen LogP contribution in [-0.2, 0) is 0 Å². The third kappa shape index (κ3) is 2.99. The molecule has 2 aromatic carbocycles. The maximum Gasteiger partial charge on any atom is 0.195 e. The number of halogens is 4. The summed E-state index contributed by atoms with van der Waals surface area (Å²) in [6.07, 6.45) is 0. The van der Waals surface area contributed by atoms with Crippen molar-refractivity contribution in [2.24, 2.45) is 0 Å². The summed E-state index contributed by atoms with van der Waals surface area (Å²) in [6.45, 7) is 1.58. The van der Waals surface area contributed by atoms with Crippen LogP contribution < -0.4 is 0 Å². The summed E-state index contributed by atoms with van der Waals surface area (Å²) in [4.78, 5) is 12.4. The summed E-state index contributed by atoms with van der Waals surface area (Å²) in [5, 5.41) is 0.529. The van der Waals surface area contributed by atoms with E-state index in [1.165, 1.54) is 6.07 Å². The minimum atomic E-state index is -0.438. The highest BCUT2D eigenvalue weighted by atomic mass is 79.9. The molecule has 0 spiro atoms. The van der Waals surface area contributed by atoms with E-state index in [9.17, 15) is 9.18 Å². The minimum Gasteiger partial charge on any atom is -0.289 e. The molecule has 0 radical (unpaired) electrons. The molecule has 0 unspecified atom stereocenters. The lowest BCUT2D eigenvalue weighted by Crippen LogP contribution is -2.04. The highest BCUT2D eigenvalue weighted by molar-refractivity contribution is 9.10. The monoisotopic (exact) mass is 360 g/mol. The molecular weight excluding hydrogens is 354 g/mol. The number of ketones is 1. The Morgan fingerprint density at radius 3 is 2.53 bits per heavy atom. The molecule has 0 amide bonds. The molecule has 0 atom stereocenters. The molecule has 0 aromatic heterocycles. The second-order valence-electron chi connectivity index (χ2n) is 4.03. The van der Waals surface area contributed by atoms with Gasteiger partial charge in [-0.2, -0.15) is 0 Å². The largest absolute Gasteiger partial charge is 0.289 e. The third-order valence-electron chi connectivity index (χ3n) is 2.67. The Morgan fingerprint density at radius 1 is 1.16 bits per heavy atom. The summed E-state index contributed by atoms with van der Waals surface area (Å²) >= 11 is 15.1. The van der Waals surface area contributed by atoms with Gasteiger partial charge in [0.05, 0.1) is 5.02 Å². The van der Waals surface area contributed by atoms with Crippen molar-refractivity contribution in [2.75, 3.05) is 0 Å². The Bertz CT molecular complexity index is 671. The fraction of sp³-hybridized carbons (Fsp3) is 0.0714. The Hall–Kier alpha value is -0.900. The summed E-state index contributed by atoms with van der Waals surface area (Å²) in [5.41, 5.74) is 1.01. The van der Waals surface area contributed by atoms with Gasteiger partial charge in [0, 0.05) is 20.6 Å². The van der Waals surface area contributed by atoms with E-state index in [2.05, 4.69) is 15.9 Å². The molecule has 0 saturated heterocycles. The van der Waals surface area contributed by atoms with Crippen molar-refractivity contribution in [3.8, 4) is 0 Å². The van der Waals surface area contributed by atoms with Crippen molar-refractivity contribution < 1.29 is 9.18 Å². The molecule has 0 bridgehead atoms. The Kier molecular flexibility index (Phi) is 4.29. The fourth-order valence-electron chi connectivity index (χ4n) is 1.65. The van der Waals surface area contributed by atoms with Crippen molar-refractivity contribution >= 4 is 44.9 Å². The third-order valence-corrected chi connectivity index (χ3v) is 3.91. The van der Waals surface area contributed by atoms with Gasteiger partial charge in [0.15, 0.2) is 5.78 Å². The van der Waals surface area contributed by atoms with Gasteiger partial charge in [-0.05, 0) is 42.8 Å². The van der Waals surface area contributed by atoms with Crippen molar-refractivity contribution in [3.05, 3.63) is 67.4 Å².